The molecule has 0 bridgehead atoms. The summed E-state index contributed by atoms with van der Waals surface area (Å²) in [5.74, 6) is 0.0477. The Morgan fingerprint density at radius 3 is 2.61 bits per heavy atom. The Morgan fingerprint density at radius 1 is 1.25 bits per heavy atom. The van der Waals surface area contributed by atoms with Crippen molar-refractivity contribution in [2.75, 3.05) is 11.6 Å². The number of rotatable bonds is 5. The van der Waals surface area contributed by atoms with Crippen molar-refractivity contribution in [1.82, 2.24) is 10.7 Å². The van der Waals surface area contributed by atoms with E-state index in [4.69, 9.17) is 12.2 Å². The summed E-state index contributed by atoms with van der Waals surface area (Å²) < 4.78 is 0. The second kappa shape index (κ2) is 9.34. The monoisotopic (exact) mass is 408 g/mol. The Balaban J connectivity index is 1.93. The van der Waals surface area contributed by atoms with Crippen LogP contribution in [0.1, 0.15) is 22.8 Å². The number of thioether (sulfide) groups is 1. The molecule has 0 unspecified atom stereocenters. The molecule has 7 heteroatoms. The summed E-state index contributed by atoms with van der Waals surface area (Å²) in [6, 6.07) is 17.5. The molecule has 0 atom stereocenters. The predicted octanol–water partition coefficient (Wildman–Crippen LogP) is 4.36. The molecule has 3 rings (SSSR count). The molecule has 28 heavy (non-hydrogen) atoms. The van der Waals surface area contributed by atoms with E-state index in [9.17, 15) is 4.79 Å². The average Bonchev–Trinajstić information content (AvgIpc) is 2.73. The van der Waals surface area contributed by atoms with Gasteiger partial charge < -0.3 is 5.32 Å². The second-order valence-corrected chi connectivity index (χ2v) is 7.17. The fraction of sp³-hybridized carbons (Fsp3) is 0.0952. The molecule has 0 fully saturated rings. The number of nitrogens with zero attached hydrogens (tertiary/aromatic N) is 2. The maximum Gasteiger partial charge on any atom is 0.195 e. The molecule has 1 aliphatic rings. The van der Waals surface area contributed by atoms with Gasteiger partial charge in [-0.25, -0.2) is 0 Å². The molecular weight excluding hydrogens is 388 g/mol. The third-order valence-corrected chi connectivity index (χ3v) is 4.92. The topological polar surface area (TPSA) is 56.7 Å². The predicted molar refractivity (Wildman–Crippen MR) is 122 cm³/mol. The van der Waals surface area contributed by atoms with E-state index in [0.717, 1.165) is 16.9 Å². The summed E-state index contributed by atoms with van der Waals surface area (Å²) in [4.78, 5) is 16.0. The van der Waals surface area contributed by atoms with E-state index >= 15 is 0 Å². The van der Waals surface area contributed by atoms with E-state index in [0.29, 0.717) is 22.4 Å². The largest absolute Gasteiger partial charge is 0.357 e. The van der Waals surface area contributed by atoms with Gasteiger partial charge in [-0.05, 0) is 31.3 Å². The first-order chi connectivity index (χ1) is 13.6. The normalized spacial score (nSPS) is 14.8. The van der Waals surface area contributed by atoms with Crippen molar-refractivity contribution in [3.63, 3.8) is 0 Å². The zero-order chi connectivity index (χ0) is 19.9. The highest BCUT2D eigenvalue weighted by Gasteiger charge is 2.21. The summed E-state index contributed by atoms with van der Waals surface area (Å²) in [5, 5.41) is 8.02. The summed E-state index contributed by atoms with van der Waals surface area (Å²) in [5.41, 5.74) is 6.91. The number of anilines is 1. The molecule has 0 aliphatic carbocycles. The molecule has 0 spiro atoms. The van der Waals surface area contributed by atoms with Gasteiger partial charge in [-0.3, -0.25) is 15.2 Å². The van der Waals surface area contributed by atoms with E-state index in [-0.39, 0.29) is 5.78 Å². The smallest absolute Gasteiger partial charge is 0.195 e. The Hall–Kier alpha value is -2.90. The molecule has 2 aromatic rings. The third kappa shape index (κ3) is 4.88. The number of carbonyl (C=O) groups is 1. The number of nitrogens with one attached hydrogen (secondary N) is 2. The number of benzene rings is 2. The van der Waals surface area contributed by atoms with E-state index in [1.807, 2.05) is 65.0 Å². The van der Waals surface area contributed by atoms with Crippen LogP contribution in [0, 0.1) is 0 Å². The highest BCUT2D eigenvalue weighted by molar-refractivity contribution is 8.16. The van der Waals surface area contributed by atoms with Crippen LogP contribution in [0.15, 0.2) is 77.7 Å². The number of ketones is 1. The molecule has 0 amide bonds. The van der Waals surface area contributed by atoms with E-state index in [1.165, 1.54) is 11.8 Å². The zero-order valence-electron chi connectivity index (χ0n) is 15.4. The van der Waals surface area contributed by atoms with Gasteiger partial charge in [0.1, 0.15) is 0 Å². The van der Waals surface area contributed by atoms with Crippen LogP contribution in [0.5, 0.6) is 0 Å². The SMILES string of the molecule is C=CCNC(=S)/N=C1/NN(c2ccccc2)C(c2ccc(C(C)=O)cc2)=CS1. The lowest BCUT2D eigenvalue weighted by Crippen LogP contribution is -2.42. The maximum atomic E-state index is 11.6. The van der Waals surface area contributed by atoms with Crippen molar-refractivity contribution in [2.45, 2.75) is 6.92 Å². The van der Waals surface area contributed by atoms with Gasteiger partial charge in [-0.2, -0.15) is 4.99 Å². The average molecular weight is 409 g/mol. The molecule has 0 saturated carbocycles. The van der Waals surface area contributed by atoms with Crippen molar-refractivity contribution < 1.29 is 4.79 Å². The summed E-state index contributed by atoms with van der Waals surface area (Å²) in [6.07, 6.45) is 1.73. The van der Waals surface area contributed by atoms with E-state index < -0.39 is 0 Å². The molecule has 2 N–H and O–H groups in total. The number of hydrogen-bond donors (Lipinski definition) is 2. The standard InChI is InChI=1S/C21H20N4OS2/c1-3-13-22-20(27)23-21-24-25(18-7-5-4-6-8-18)19(14-28-21)17-11-9-16(10-12-17)15(2)26/h3-12,14H,1,13H2,2H3,(H2,22,23,24,27). The summed E-state index contributed by atoms with van der Waals surface area (Å²) in [7, 11) is 0. The quantitative estimate of drug-likeness (QED) is 0.435. The summed E-state index contributed by atoms with van der Waals surface area (Å²) >= 11 is 6.70. The minimum absolute atomic E-state index is 0.0477. The molecule has 5 nitrogen and oxygen atoms in total. The number of hydrazine groups is 1. The van der Waals surface area contributed by atoms with Crippen LogP contribution in [-0.2, 0) is 0 Å². The van der Waals surface area contributed by atoms with Crippen molar-refractivity contribution in [2.24, 2.45) is 4.99 Å². The van der Waals surface area contributed by atoms with Gasteiger partial charge in [-0.1, -0.05) is 60.3 Å². The minimum Gasteiger partial charge on any atom is -0.357 e. The van der Waals surface area contributed by atoms with Crippen LogP contribution in [0.4, 0.5) is 5.69 Å². The first-order valence-corrected chi connectivity index (χ1v) is 9.94. The fourth-order valence-electron chi connectivity index (χ4n) is 2.54. The van der Waals surface area contributed by atoms with Crippen molar-refractivity contribution in [3.05, 3.63) is 83.8 Å². The van der Waals surface area contributed by atoms with Crippen LogP contribution in [0.25, 0.3) is 5.70 Å². The number of para-hydroxylation sites is 1. The summed E-state index contributed by atoms with van der Waals surface area (Å²) in [6.45, 7) is 5.79. The van der Waals surface area contributed by atoms with E-state index in [1.54, 1.807) is 13.0 Å². The Labute approximate surface area is 174 Å². The van der Waals surface area contributed by atoms with Crippen LogP contribution in [0.3, 0.4) is 0 Å². The van der Waals surface area contributed by atoms with E-state index in [2.05, 4.69) is 22.3 Å². The van der Waals surface area contributed by atoms with Gasteiger partial charge in [0.25, 0.3) is 0 Å². The number of Topliss-reactive ketones (excluding diaryl/α,β-unsaturated/α-hetero) is 1. The molecule has 1 aliphatic heterocycles. The fourth-order valence-corrected chi connectivity index (χ4v) is 3.53. The molecule has 0 saturated heterocycles. The minimum atomic E-state index is 0.0477. The van der Waals surface area contributed by atoms with Crippen molar-refractivity contribution in [1.29, 1.82) is 0 Å². The lowest BCUT2D eigenvalue weighted by Gasteiger charge is -2.32. The van der Waals surface area contributed by atoms with Crippen LogP contribution >= 0.6 is 24.0 Å². The van der Waals surface area contributed by atoms with Gasteiger partial charge in [0.05, 0.1) is 11.4 Å². The number of carbonyl (C=O) groups excluding carboxylic acids is 1. The highest BCUT2D eigenvalue weighted by Crippen LogP contribution is 2.31. The number of aliphatic imine (C=N–C) groups is 1. The Kier molecular flexibility index (Phi) is 6.62. The van der Waals surface area contributed by atoms with Crippen LogP contribution < -0.4 is 15.8 Å². The first kappa shape index (κ1) is 19.9. The number of hydrogen-bond acceptors (Lipinski definition) is 4. The van der Waals surface area contributed by atoms with Gasteiger partial charge in [0.15, 0.2) is 16.1 Å². The molecule has 2 aromatic carbocycles. The number of amidine groups is 1. The third-order valence-electron chi connectivity index (χ3n) is 3.93. The molecule has 1 heterocycles. The van der Waals surface area contributed by atoms with Gasteiger partial charge in [0, 0.05) is 23.1 Å². The van der Waals surface area contributed by atoms with Gasteiger partial charge in [-0.15, -0.1) is 6.58 Å². The maximum absolute atomic E-state index is 11.6. The highest BCUT2D eigenvalue weighted by atomic mass is 32.2. The molecule has 0 radical (unpaired) electrons. The Bertz CT molecular complexity index is 937. The second-order valence-electron chi connectivity index (χ2n) is 5.93. The molecule has 0 aromatic heterocycles. The van der Waals surface area contributed by atoms with Gasteiger partial charge >= 0.3 is 0 Å². The lowest BCUT2D eigenvalue weighted by molar-refractivity contribution is 0.101. The van der Waals surface area contributed by atoms with Crippen molar-refractivity contribution >= 4 is 51.4 Å². The molecule has 142 valence electrons. The Morgan fingerprint density at radius 2 is 1.96 bits per heavy atom. The molecular formula is C21H20N4OS2. The van der Waals surface area contributed by atoms with Crippen LogP contribution in [-0.4, -0.2) is 22.6 Å². The number of thiocarbonyl (C=S) groups is 1. The van der Waals surface area contributed by atoms with Crippen molar-refractivity contribution in [3.8, 4) is 0 Å². The first-order valence-electron chi connectivity index (χ1n) is 8.66. The van der Waals surface area contributed by atoms with Crippen LogP contribution in [0.2, 0.25) is 0 Å². The lowest BCUT2D eigenvalue weighted by atomic mass is 10.1. The van der Waals surface area contributed by atoms with Gasteiger partial charge in [0.2, 0.25) is 0 Å². The zero-order valence-corrected chi connectivity index (χ0v) is 17.0.